The van der Waals surface area contributed by atoms with Crippen molar-refractivity contribution < 1.29 is 14.5 Å². The Kier molecular flexibility index (Phi) is 6.44. The molecule has 9 heteroatoms. The summed E-state index contributed by atoms with van der Waals surface area (Å²) < 4.78 is 6.53. The number of halogens is 1. The van der Waals surface area contributed by atoms with Crippen LogP contribution in [0.2, 0.25) is 5.02 Å². The van der Waals surface area contributed by atoms with E-state index in [1.165, 1.54) is 29.7 Å². The van der Waals surface area contributed by atoms with Crippen molar-refractivity contribution in [3.8, 4) is 5.75 Å². The van der Waals surface area contributed by atoms with Crippen LogP contribution in [0.3, 0.4) is 0 Å². The van der Waals surface area contributed by atoms with E-state index in [1.54, 1.807) is 12.1 Å². The number of carbonyl (C=O) groups is 1. The van der Waals surface area contributed by atoms with Crippen molar-refractivity contribution in [3.63, 3.8) is 0 Å². The lowest BCUT2D eigenvalue weighted by molar-refractivity contribution is -0.384. The van der Waals surface area contributed by atoms with Crippen LogP contribution < -0.4 is 10.2 Å². The number of non-ortho nitro benzene ring substituents is 1. The van der Waals surface area contributed by atoms with Gasteiger partial charge in [-0.3, -0.25) is 14.9 Å². The van der Waals surface area contributed by atoms with Gasteiger partial charge in [-0.25, -0.2) is 5.43 Å². The predicted octanol–water partition coefficient (Wildman–Crippen LogP) is 5.81. The summed E-state index contributed by atoms with van der Waals surface area (Å²) in [4.78, 5) is 23.2. The van der Waals surface area contributed by atoms with Crippen LogP contribution in [-0.4, -0.2) is 17.0 Å². The SMILES string of the molecule is O=C(NN=Cc1ccc(OCc2ccc(Cl)cc2)cc1)c1cc2cc([N+](=O)[O-])ccc2s1. The molecule has 0 atom stereocenters. The topological polar surface area (TPSA) is 93.8 Å². The molecular formula is C23H16ClN3O4S. The van der Waals surface area contributed by atoms with Gasteiger partial charge >= 0.3 is 0 Å². The largest absolute Gasteiger partial charge is 0.489 e. The van der Waals surface area contributed by atoms with E-state index in [-0.39, 0.29) is 11.6 Å². The first kappa shape index (κ1) is 21.5. The third-order valence-electron chi connectivity index (χ3n) is 4.51. The fourth-order valence-electron chi connectivity index (χ4n) is 2.87. The van der Waals surface area contributed by atoms with Gasteiger partial charge in [0.2, 0.25) is 0 Å². The van der Waals surface area contributed by atoms with Crippen LogP contribution in [0.15, 0.2) is 77.9 Å². The van der Waals surface area contributed by atoms with Crippen LogP contribution in [0.25, 0.3) is 10.1 Å². The lowest BCUT2D eigenvalue weighted by atomic mass is 10.2. The first-order chi connectivity index (χ1) is 15.5. The summed E-state index contributed by atoms with van der Waals surface area (Å²) in [5, 5.41) is 16.2. The molecule has 32 heavy (non-hydrogen) atoms. The lowest BCUT2D eigenvalue weighted by Crippen LogP contribution is -2.16. The van der Waals surface area contributed by atoms with Gasteiger partial charge in [-0.2, -0.15) is 5.10 Å². The number of fused-ring (bicyclic) bond motifs is 1. The van der Waals surface area contributed by atoms with E-state index < -0.39 is 4.92 Å². The number of hydrogen-bond donors (Lipinski definition) is 1. The molecule has 4 rings (SSSR count). The van der Waals surface area contributed by atoms with Crippen LogP contribution in [0.5, 0.6) is 5.75 Å². The average molecular weight is 466 g/mol. The molecule has 0 bridgehead atoms. The van der Waals surface area contributed by atoms with Crippen molar-refractivity contribution in [1.29, 1.82) is 0 Å². The normalized spacial score (nSPS) is 11.0. The van der Waals surface area contributed by atoms with E-state index in [9.17, 15) is 14.9 Å². The Morgan fingerprint density at radius 2 is 1.84 bits per heavy atom. The zero-order valence-corrected chi connectivity index (χ0v) is 18.1. The van der Waals surface area contributed by atoms with Crippen LogP contribution >= 0.6 is 22.9 Å². The minimum atomic E-state index is -0.463. The Balaban J connectivity index is 1.33. The Morgan fingerprint density at radius 3 is 2.56 bits per heavy atom. The zero-order chi connectivity index (χ0) is 22.5. The number of hydrazone groups is 1. The highest BCUT2D eigenvalue weighted by atomic mass is 35.5. The highest BCUT2D eigenvalue weighted by Crippen LogP contribution is 2.28. The third-order valence-corrected chi connectivity index (χ3v) is 5.88. The number of nitro benzene ring substituents is 1. The summed E-state index contributed by atoms with van der Waals surface area (Å²) in [5.74, 6) is 0.327. The van der Waals surface area contributed by atoms with Crippen molar-refractivity contribution in [2.24, 2.45) is 5.10 Å². The summed E-state index contributed by atoms with van der Waals surface area (Å²) in [6, 6.07) is 20.8. The van der Waals surface area contributed by atoms with Gasteiger partial charge in [0, 0.05) is 27.2 Å². The smallest absolute Gasteiger partial charge is 0.281 e. The molecule has 0 aliphatic rings. The molecule has 4 aromatic rings. The van der Waals surface area contributed by atoms with E-state index in [0.717, 1.165) is 15.8 Å². The Morgan fingerprint density at radius 1 is 1.09 bits per heavy atom. The Hall–Kier alpha value is -3.75. The standard InChI is InChI=1S/C23H16ClN3O4S/c24-18-5-1-16(2-6-18)14-31-20-8-3-15(4-9-20)13-25-26-23(28)22-12-17-11-19(27(29)30)7-10-21(17)32-22/h1-13H,14H2,(H,26,28). The number of carbonyl (C=O) groups excluding carboxylic acids is 1. The molecule has 0 fully saturated rings. The number of nitro groups is 1. The van der Waals surface area contributed by atoms with Gasteiger partial charge in [0.05, 0.1) is 16.0 Å². The summed E-state index contributed by atoms with van der Waals surface area (Å²) in [5.41, 5.74) is 4.26. The highest BCUT2D eigenvalue weighted by molar-refractivity contribution is 7.20. The molecule has 0 saturated heterocycles. The number of rotatable bonds is 7. The lowest BCUT2D eigenvalue weighted by Gasteiger charge is -2.06. The van der Waals surface area contributed by atoms with E-state index in [0.29, 0.717) is 27.6 Å². The molecule has 1 aromatic heterocycles. The van der Waals surface area contributed by atoms with Crippen molar-refractivity contribution in [3.05, 3.63) is 104 Å². The van der Waals surface area contributed by atoms with Gasteiger partial charge < -0.3 is 4.74 Å². The van der Waals surface area contributed by atoms with Crippen LogP contribution in [0.4, 0.5) is 5.69 Å². The molecule has 0 unspecified atom stereocenters. The van der Waals surface area contributed by atoms with Gasteiger partial charge in [-0.15, -0.1) is 11.3 Å². The van der Waals surface area contributed by atoms with Gasteiger partial charge in [-0.1, -0.05) is 23.7 Å². The number of hydrogen-bond acceptors (Lipinski definition) is 6. The molecule has 0 aliphatic heterocycles. The molecular weight excluding hydrogens is 450 g/mol. The van der Waals surface area contributed by atoms with Crippen LogP contribution in [0, 0.1) is 10.1 Å². The highest BCUT2D eigenvalue weighted by Gasteiger charge is 2.12. The van der Waals surface area contributed by atoms with Gasteiger partial charge in [0.1, 0.15) is 12.4 Å². The van der Waals surface area contributed by atoms with Crippen molar-refractivity contribution >= 4 is 50.8 Å². The van der Waals surface area contributed by atoms with E-state index in [4.69, 9.17) is 16.3 Å². The minimum absolute atomic E-state index is 0.0131. The zero-order valence-electron chi connectivity index (χ0n) is 16.5. The fraction of sp³-hybridized carbons (Fsp3) is 0.0435. The molecule has 0 radical (unpaired) electrons. The maximum atomic E-state index is 12.3. The molecule has 1 N–H and O–H groups in total. The molecule has 0 aliphatic carbocycles. The number of amides is 1. The summed E-state index contributed by atoms with van der Waals surface area (Å²) >= 11 is 7.12. The maximum absolute atomic E-state index is 12.3. The molecule has 0 spiro atoms. The monoisotopic (exact) mass is 465 g/mol. The molecule has 3 aromatic carbocycles. The van der Waals surface area contributed by atoms with Crippen LogP contribution in [0.1, 0.15) is 20.8 Å². The Labute approximate surface area is 192 Å². The molecule has 160 valence electrons. The van der Waals surface area contributed by atoms with Gasteiger partial charge in [0.15, 0.2) is 0 Å². The van der Waals surface area contributed by atoms with Gasteiger partial charge in [0.25, 0.3) is 11.6 Å². The second-order valence-corrected chi connectivity index (χ2v) is 8.29. The van der Waals surface area contributed by atoms with E-state index in [2.05, 4.69) is 10.5 Å². The van der Waals surface area contributed by atoms with Crippen molar-refractivity contribution in [1.82, 2.24) is 5.43 Å². The van der Waals surface area contributed by atoms with Crippen molar-refractivity contribution in [2.45, 2.75) is 6.61 Å². The van der Waals surface area contributed by atoms with Gasteiger partial charge in [-0.05, 0) is 59.7 Å². The average Bonchev–Trinajstić information content (AvgIpc) is 3.23. The summed E-state index contributed by atoms with van der Waals surface area (Å²) in [6.45, 7) is 0.430. The number of ether oxygens (including phenoxy) is 1. The quantitative estimate of drug-likeness (QED) is 0.212. The molecule has 0 saturated carbocycles. The molecule has 7 nitrogen and oxygen atoms in total. The third kappa shape index (κ3) is 5.29. The minimum Gasteiger partial charge on any atom is -0.489 e. The number of thiophene rings is 1. The number of benzene rings is 3. The van der Waals surface area contributed by atoms with E-state index >= 15 is 0 Å². The summed E-state index contributed by atoms with van der Waals surface area (Å²) in [6.07, 6.45) is 1.53. The number of nitrogens with one attached hydrogen (secondary N) is 1. The second-order valence-electron chi connectivity index (χ2n) is 6.77. The number of nitrogens with zero attached hydrogens (tertiary/aromatic N) is 2. The van der Waals surface area contributed by atoms with E-state index in [1.807, 2.05) is 48.5 Å². The maximum Gasteiger partial charge on any atom is 0.281 e. The first-order valence-electron chi connectivity index (χ1n) is 9.47. The van der Waals surface area contributed by atoms with Crippen molar-refractivity contribution in [2.75, 3.05) is 0 Å². The fourth-order valence-corrected chi connectivity index (χ4v) is 3.93. The second kappa shape index (κ2) is 9.59. The van der Waals surface area contributed by atoms with Crippen LogP contribution in [-0.2, 0) is 6.61 Å². The Bertz CT molecular complexity index is 1300. The summed E-state index contributed by atoms with van der Waals surface area (Å²) in [7, 11) is 0. The predicted molar refractivity (Wildman–Crippen MR) is 126 cm³/mol. The molecule has 1 amide bonds. The first-order valence-corrected chi connectivity index (χ1v) is 10.7. The molecule has 1 heterocycles.